The molecule has 186 valence electrons. The molecule has 0 radical (unpaired) electrons. The van der Waals surface area contributed by atoms with Crippen LogP contribution in [0.25, 0.3) is 0 Å². The molecule has 3 saturated carbocycles. The fourth-order valence-corrected chi connectivity index (χ4v) is 7.43. The Hall–Kier alpha value is -1.08. The highest BCUT2D eigenvalue weighted by atomic mass is 19.3. The number of rotatable bonds is 6. The molecule has 6 heteroatoms. The Morgan fingerprint density at radius 2 is 2.03 bits per heavy atom. The number of hydrogen-bond donors (Lipinski definition) is 2. The van der Waals surface area contributed by atoms with Crippen LogP contribution in [-0.2, 0) is 4.74 Å². The van der Waals surface area contributed by atoms with Crippen molar-refractivity contribution in [3.05, 3.63) is 35.5 Å². The van der Waals surface area contributed by atoms with Crippen molar-refractivity contribution < 1.29 is 23.7 Å². The minimum atomic E-state index is -2.68. The van der Waals surface area contributed by atoms with Crippen molar-refractivity contribution in [1.29, 1.82) is 0 Å². The molecule has 0 aromatic carbocycles. The first-order valence-corrected chi connectivity index (χ1v) is 12.8. The molecule has 0 unspecified atom stereocenters. The number of aliphatic hydroxyl groups excluding tert-OH is 2. The van der Waals surface area contributed by atoms with Crippen LogP contribution in [0.2, 0.25) is 0 Å². The van der Waals surface area contributed by atoms with Gasteiger partial charge in [-0.1, -0.05) is 38.2 Å². The molecule has 1 aliphatic heterocycles. The number of fused-ring (bicyclic) bond motifs is 1. The predicted molar refractivity (Wildman–Crippen MR) is 126 cm³/mol. The summed E-state index contributed by atoms with van der Waals surface area (Å²) in [7, 11) is 0. The van der Waals surface area contributed by atoms with Crippen LogP contribution in [0.1, 0.15) is 65.2 Å². The van der Waals surface area contributed by atoms with Crippen LogP contribution >= 0.6 is 0 Å². The largest absolute Gasteiger partial charge is 0.393 e. The zero-order valence-electron chi connectivity index (χ0n) is 20.2. The van der Waals surface area contributed by atoms with E-state index in [1.165, 1.54) is 31.3 Å². The monoisotopic (exact) mass is 465 g/mol. The van der Waals surface area contributed by atoms with E-state index in [0.29, 0.717) is 43.6 Å². The number of halogens is 2. The molecule has 4 aliphatic rings. The average molecular weight is 466 g/mol. The molecule has 0 aromatic heterocycles. The standard InChI is InChI=1S/C27H41F2NO3/c1-17(15-30-12-10-22(16-30)33-26(28)29)23-8-9-24-19(5-4-11-27(23,24)3)6-7-20-13-21(31)14-25(32)18(20)2/h6-7,17,21-26,31-32H,2,4-5,8-16H2,1,3H3/b19-6+,20-7-/t17-,21-,22+,23-,24+,25+,27-/m1/s1. The van der Waals surface area contributed by atoms with Crippen LogP contribution in [0.3, 0.4) is 0 Å². The summed E-state index contributed by atoms with van der Waals surface area (Å²) in [6, 6.07) is 0. The molecule has 4 nitrogen and oxygen atoms in total. The van der Waals surface area contributed by atoms with Gasteiger partial charge < -0.3 is 19.8 Å². The van der Waals surface area contributed by atoms with Crippen LogP contribution in [0.15, 0.2) is 35.5 Å². The highest BCUT2D eigenvalue weighted by Crippen LogP contribution is 2.59. The fourth-order valence-electron chi connectivity index (χ4n) is 7.43. The maximum absolute atomic E-state index is 12.6. The summed E-state index contributed by atoms with van der Waals surface area (Å²) in [5.74, 6) is 1.71. The smallest absolute Gasteiger partial charge is 0.345 e. The Labute approximate surface area is 197 Å². The van der Waals surface area contributed by atoms with Crippen molar-refractivity contribution in [1.82, 2.24) is 4.90 Å². The lowest BCUT2D eigenvalue weighted by Gasteiger charge is -2.45. The van der Waals surface area contributed by atoms with E-state index >= 15 is 0 Å². The third kappa shape index (κ3) is 5.44. The van der Waals surface area contributed by atoms with Crippen molar-refractivity contribution in [2.45, 2.75) is 90.1 Å². The summed E-state index contributed by atoms with van der Waals surface area (Å²) in [5, 5.41) is 20.2. The van der Waals surface area contributed by atoms with E-state index in [0.717, 1.165) is 30.7 Å². The molecule has 0 bridgehead atoms. The van der Waals surface area contributed by atoms with Crippen molar-refractivity contribution in [3.8, 4) is 0 Å². The molecule has 0 amide bonds. The summed E-state index contributed by atoms with van der Waals surface area (Å²) >= 11 is 0. The van der Waals surface area contributed by atoms with Crippen molar-refractivity contribution in [2.75, 3.05) is 19.6 Å². The normalized spacial score (nSPS) is 41.3. The maximum atomic E-state index is 12.6. The second-order valence-electron chi connectivity index (χ2n) is 11.2. The summed E-state index contributed by atoms with van der Waals surface area (Å²) in [6.45, 7) is 8.58. The molecule has 3 aliphatic carbocycles. The maximum Gasteiger partial charge on any atom is 0.345 e. The first-order chi connectivity index (χ1) is 15.7. The van der Waals surface area contributed by atoms with E-state index in [1.54, 1.807) is 0 Å². The first kappa shape index (κ1) is 25.0. The Bertz CT molecular complexity index is 781. The van der Waals surface area contributed by atoms with Gasteiger partial charge in [0.05, 0.1) is 18.3 Å². The lowest BCUT2D eigenvalue weighted by Crippen LogP contribution is -2.39. The molecule has 0 aromatic rings. The van der Waals surface area contributed by atoms with Gasteiger partial charge in [0, 0.05) is 26.1 Å². The molecular formula is C27H41F2NO3. The van der Waals surface area contributed by atoms with Gasteiger partial charge >= 0.3 is 6.61 Å². The summed E-state index contributed by atoms with van der Waals surface area (Å²) in [6.07, 6.45) is 10.4. The van der Waals surface area contributed by atoms with Gasteiger partial charge in [-0.3, -0.25) is 0 Å². The van der Waals surface area contributed by atoms with Gasteiger partial charge in [0.2, 0.25) is 0 Å². The molecule has 2 N–H and O–H groups in total. The minimum absolute atomic E-state index is 0.267. The zero-order chi connectivity index (χ0) is 23.8. The van der Waals surface area contributed by atoms with Gasteiger partial charge in [-0.25, -0.2) is 0 Å². The van der Waals surface area contributed by atoms with Crippen LogP contribution in [0.5, 0.6) is 0 Å². The fraction of sp³-hybridized carbons (Fsp3) is 0.778. The Morgan fingerprint density at radius 1 is 1.24 bits per heavy atom. The van der Waals surface area contributed by atoms with E-state index in [2.05, 4.69) is 37.5 Å². The molecule has 1 heterocycles. The number of allylic oxidation sites excluding steroid dienone is 3. The van der Waals surface area contributed by atoms with Gasteiger partial charge in [0.25, 0.3) is 0 Å². The molecule has 33 heavy (non-hydrogen) atoms. The molecule has 4 rings (SSSR count). The summed E-state index contributed by atoms with van der Waals surface area (Å²) in [4.78, 5) is 2.31. The Balaban J connectivity index is 1.42. The Kier molecular flexibility index (Phi) is 7.79. The molecular weight excluding hydrogens is 424 g/mol. The number of hydrogen-bond acceptors (Lipinski definition) is 4. The molecule has 0 spiro atoms. The van der Waals surface area contributed by atoms with Gasteiger partial charge in [0.15, 0.2) is 0 Å². The number of alkyl halides is 2. The number of aliphatic hydroxyl groups is 2. The van der Waals surface area contributed by atoms with Crippen LogP contribution in [-0.4, -0.2) is 59.7 Å². The van der Waals surface area contributed by atoms with Gasteiger partial charge in [0.1, 0.15) is 0 Å². The highest BCUT2D eigenvalue weighted by Gasteiger charge is 2.51. The van der Waals surface area contributed by atoms with E-state index in [4.69, 9.17) is 4.74 Å². The van der Waals surface area contributed by atoms with Crippen LogP contribution < -0.4 is 0 Å². The second-order valence-corrected chi connectivity index (χ2v) is 11.2. The number of ether oxygens (including phenoxy) is 1. The quantitative estimate of drug-likeness (QED) is 0.575. The van der Waals surface area contributed by atoms with E-state index in [9.17, 15) is 19.0 Å². The highest BCUT2D eigenvalue weighted by molar-refractivity contribution is 5.38. The minimum Gasteiger partial charge on any atom is -0.393 e. The van der Waals surface area contributed by atoms with Gasteiger partial charge in [-0.15, -0.1) is 0 Å². The lowest BCUT2D eigenvalue weighted by molar-refractivity contribution is -0.158. The third-order valence-electron chi connectivity index (χ3n) is 9.06. The van der Waals surface area contributed by atoms with E-state index in [1.807, 2.05) is 0 Å². The van der Waals surface area contributed by atoms with E-state index < -0.39 is 18.8 Å². The molecule has 7 atom stereocenters. The number of nitrogens with zero attached hydrogens (tertiary/aromatic N) is 1. The van der Waals surface area contributed by atoms with Crippen molar-refractivity contribution in [2.24, 2.45) is 23.2 Å². The summed E-state index contributed by atoms with van der Waals surface area (Å²) in [5.41, 5.74) is 3.48. The summed E-state index contributed by atoms with van der Waals surface area (Å²) < 4.78 is 29.9. The Morgan fingerprint density at radius 3 is 2.79 bits per heavy atom. The van der Waals surface area contributed by atoms with E-state index in [-0.39, 0.29) is 11.5 Å². The van der Waals surface area contributed by atoms with Crippen LogP contribution in [0, 0.1) is 23.2 Å². The lowest BCUT2D eigenvalue weighted by atomic mass is 9.61. The second kappa shape index (κ2) is 10.3. The zero-order valence-corrected chi connectivity index (χ0v) is 20.2. The average Bonchev–Trinajstić information content (AvgIpc) is 3.32. The third-order valence-corrected chi connectivity index (χ3v) is 9.06. The van der Waals surface area contributed by atoms with Crippen molar-refractivity contribution in [3.63, 3.8) is 0 Å². The van der Waals surface area contributed by atoms with Gasteiger partial charge in [-0.2, -0.15) is 8.78 Å². The predicted octanol–water partition coefficient (Wildman–Crippen LogP) is 5.08. The number of likely N-dealkylation sites (tertiary alicyclic amines) is 1. The first-order valence-electron chi connectivity index (χ1n) is 12.8. The molecule has 1 saturated heterocycles. The molecule has 4 fully saturated rings. The van der Waals surface area contributed by atoms with Gasteiger partial charge in [-0.05, 0) is 79.3 Å². The topological polar surface area (TPSA) is 52.9 Å². The van der Waals surface area contributed by atoms with Crippen LogP contribution in [0.4, 0.5) is 8.78 Å². The SMILES string of the molecule is C=C1/C(=C\C=C2/CCC[C@]3(C)[C@@H]([C@H](C)CN4CC[C@H](OC(F)F)C4)CC[C@@H]23)C[C@@H](O)C[C@@H]1O. The van der Waals surface area contributed by atoms with Crippen molar-refractivity contribution >= 4 is 0 Å².